The summed E-state index contributed by atoms with van der Waals surface area (Å²) < 4.78 is 73.0. The van der Waals surface area contributed by atoms with Gasteiger partial charge in [0.25, 0.3) is 10.0 Å². The maximum atomic E-state index is 15.5. The minimum absolute atomic E-state index is 0.0804. The molecule has 206 valence electrons. The zero-order valence-corrected chi connectivity index (χ0v) is 21.9. The van der Waals surface area contributed by atoms with Crippen molar-refractivity contribution in [1.82, 2.24) is 19.7 Å². The number of halogens is 3. The second kappa shape index (κ2) is 9.48. The number of carbonyl (C=O) groups is 1. The largest absolute Gasteiger partial charge is 0.382 e. The Hall–Kier alpha value is -5.17. The van der Waals surface area contributed by atoms with Crippen molar-refractivity contribution < 1.29 is 26.4 Å². The number of nitrogens with one attached hydrogen (secondary N) is 2. The summed E-state index contributed by atoms with van der Waals surface area (Å²) in [5.41, 5.74) is 6.63. The molecule has 0 saturated heterocycles. The monoisotopic (exact) mass is 576 g/mol. The molecule has 0 fully saturated rings. The molecule has 0 spiro atoms. The lowest BCUT2D eigenvalue weighted by atomic mass is 9.99. The van der Waals surface area contributed by atoms with Crippen LogP contribution < -0.4 is 10.5 Å². The molecule has 3 aromatic heterocycles. The lowest BCUT2D eigenvalue weighted by Gasteiger charge is -2.12. The van der Waals surface area contributed by atoms with Crippen LogP contribution in [-0.4, -0.2) is 33.9 Å². The second-order valence-corrected chi connectivity index (χ2v) is 10.9. The first-order valence-electron chi connectivity index (χ1n) is 12.0. The minimum Gasteiger partial charge on any atom is -0.382 e. The number of sulfonamides is 1. The fraction of sp³-hybridized carbons (Fsp3) is 0.0357. The Morgan fingerprint density at radius 1 is 1.00 bits per heavy atom. The number of benzene rings is 3. The highest BCUT2D eigenvalue weighted by Crippen LogP contribution is 2.32. The number of aryl methyl sites for hydroxylation is 1. The van der Waals surface area contributed by atoms with E-state index in [0.29, 0.717) is 22.4 Å². The Morgan fingerprint density at radius 2 is 1.80 bits per heavy atom. The maximum absolute atomic E-state index is 15.5. The predicted molar refractivity (Wildman–Crippen MR) is 147 cm³/mol. The molecule has 13 heteroatoms. The lowest BCUT2D eigenvalue weighted by Crippen LogP contribution is -2.16. The van der Waals surface area contributed by atoms with Crippen LogP contribution in [0.1, 0.15) is 15.9 Å². The van der Waals surface area contributed by atoms with Gasteiger partial charge in [-0.3, -0.25) is 14.2 Å². The molecular formula is C28H19F3N6O3S. The summed E-state index contributed by atoms with van der Waals surface area (Å²) in [7, 11) is -2.70. The van der Waals surface area contributed by atoms with Gasteiger partial charge in [-0.25, -0.2) is 26.6 Å². The third kappa shape index (κ3) is 4.45. The van der Waals surface area contributed by atoms with E-state index < -0.39 is 49.4 Å². The van der Waals surface area contributed by atoms with Crippen LogP contribution in [0.15, 0.2) is 78.0 Å². The van der Waals surface area contributed by atoms with Crippen LogP contribution in [0.4, 0.5) is 24.7 Å². The summed E-state index contributed by atoms with van der Waals surface area (Å²) >= 11 is 0. The number of aromatic nitrogens is 4. The standard InChI is InChI=1S/C28H19F3N6O3S/c1-37-23-10-14(5-6-18(23)27(32)35-37)15-9-19-20(13-34-28(19)33-12-15)26(38)24-21(30)7-8-22(25(24)31)36-41(39,40)17-4-2-3-16(29)11-17/h2-13,36H,1H3,(H2,32,35)(H,33,34). The Kier molecular flexibility index (Phi) is 6.03. The zero-order chi connectivity index (χ0) is 29.1. The van der Waals surface area contributed by atoms with Crippen molar-refractivity contribution in [3.8, 4) is 11.1 Å². The Morgan fingerprint density at radius 3 is 2.59 bits per heavy atom. The molecular weight excluding hydrogens is 557 g/mol. The molecule has 0 saturated carbocycles. The highest BCUT2D eigenvalue weighted by Gasteiger charge is 2.27. The second-order valence-electron chi connectivity index (χ2n) is 9.24. The number of H-pyrrole nitrogens is 1. The van der Waals surface area contributed by atoms with Crippen molar-refractivity contribution in [2.24, 2.45) is 7.05 Å². The molecule has 0 unspecified atom stereocenters. The SMILES string of the molecule is Cn1nc(N)c2ccc(-c3cnc4[nH]cc(C(=O)c5c(F)ccc(NS(=O)(=O)c6cccc(F)c6)c5F)c4c3)cc21. The van der Waals surface area contributed by atoms with Crippen LogP contribution in [0.2, 0.25) is 0 Å². The first-order valence-corrected chi connectivity index (χ1v) is 13.5. The first kappa shape index (κ1) is 26.1. The van der Waals surface area contributed by atoms with E-state index in [0.717, 1.165) is 46.8 Å². The van der Waals surface area contributed by atoms with Crippen LogP contribution in [0.3, 0.4) is 0 Å². The molecule has 41 heavy (non-hydrogen) atoms. The number of hydrogen-bond donors (Lipinski definition) is 3. The van der Waals surface area contributed by atoms with E-state index in [1.165, 1.54) is 12.3 Å². The first-order chi connectivity index (χ1) is 19.5. The average molecular weight is 577 g/mol. The molecule has 0 radical (unpaired) electrons. The van der Waals surface area contributed by atoms with E-state index in [4.69, 9.17) is 5.73 Å². The van der Waals surface area contributed by atoms with Crippen LogP contribution in [0.25, 0.3) is 33.1 Å². The summed E-state index contributed by atoms with van der Waals surface area (Å²) in [6, 6.07) is 12.8. The van der Waals surface area contributed by atoms with Gasteiger partial charge in [0.1, 0.15) is 17.3 Å². The zero-order valence-electron chi connectivity index (χ0n) is 21.1. The van der Waals surface area contributed by atoms with Crippen molar-refractivity contribution >= 4 is 49.2 Å². The average Bonchev–Trinajstić information content (AvgIpc) is 3.49. The van der Waals surface area contributed by atoms with E-state index in [2.05, 4.69) is 15.1 Å². The smallest absolute Gasteiger partial charge is 0.262 e. The van der Waals surface area contributed by atoms with Gasteiger partial charge in [0.05, 0.1) is 21.7 Å². The number of nitrogens with two attached hydrogens (primary N) is 1. The number of aromatic amines is 1. The van der Waals surface area contributed by atoms with Crippen LogP contribution in [0.5, 0.6) is 0 Å². The van der Waals surface area contributed by atoms with Crippen LogP contribution in [0, 0.1) is 17.5 Å². The van der Waals surface area contributed by atoms with Gasteiger partial charge < -0.3 is 10.7 Å². The van der Waals surface area contributed by atoms with Gasteiger partial charge in [0.15, 0.2) is 11.6 Å². The molecule has 0 aliphatic rings. The van der Waals surface area contributed by atoms with Gasteiger partial charge >= 0.3 is 0 Å². The quantitative estimate of drug-likeness (QED) is 0.235. The molecule has 0 amide bonds. The van der Waals surface area contributed by atoms with Crippen molar-refractivity contribution in [2.45, 2.75) is 4.90 Å². The highest BCUT2D eigenvalue weighted by atomic mass is 32.2. The van der Waals surface area contributed by atoms with Crippen molar-refractivity contribution in [3.05, 3.63) is 102 Å². The number of carbonyl (C=O) groups excluding carboxylic acids is 1. The number of anilines is 2. The Bertz CT molecular complexity index is 2140. The van der Waals surface area contributed by atoms with E-state index >= 15 is 4.39 Å². The molecule has 0 aliphatic carbocycles. The topological polar surface area (TPSA) is 136 Å². The van der Waals surface area contributed by atoms with Gasteiger partial charge in [0.2, 0.25) is 5.78 Å². The fourth-order valence-corrected chi connectivity index (χ4v) is 5.72. The van der Waals surface area contributed by atoms with Gasteiger partial charge in [-0.15, -0.1) is 0 Å². The molecule has 0 bridgehead atoms. The lowest BCUT2D eigenvalue weighted by molar-refractivity contribution is 0.103. The highest BCUT2D eigenvalue weighted by molar-refractivity contribution is 7.92. The number of hydrogen-bond acceptors (Lipinski definition) is 6. The van der Waals surface area contributed by atoms with E-state index in [-0.39, 0.29) is 5.56 Å². The van der Waals surface area contributed by atoms with Gasteiger partial charge in [-0.05, 0) is 54.1 Å². The fourth-order valence-electron chi connectivity index (χ4n) is 4.63. The number of fused-ring (bicyclic) bond motifs is 2. The number of nitrogen functional groups attached to an aromatic ring is 1. The maximum Gasteiger partial charge on any atom is 0.262 e. The van der Waals surface area contributed by atoms with Crippen molar-refractivity contribution in [1.29, 1.82) is 0 Å². The summed E-state index contributed by atoms with van der Waals surface area (Å²) in [6.07, 6.45) is 2.86. The van der Waals surface area contributed by atoms with Crippen molar-refractivity contribution in [2.75, 3.05) is 10.5 Å². The molecule has 6 aromatic rings. The predicted octanol–water partition coefficient (Wildman–Crippen LogP) is 5.15. The molecule has 9 nitrogen and oxygen atoms in total. The van der Waals surface area contributed by atoms with Gasteiger partial charge in [-0.1, -0.05) is 12.1 Å². The van der Waals surface area contributed by atoms with Gasteiger partial charge in [0, 0.05) is 41.3 Å². The Labute approximate surface area is 230 Å². The van der Waals surface area contributed by atoms with E-state index in [1.54, 1.807) is 24.0 Å². The molecule has 0 aliphatic heterocycles. The normalized spacial score (nSPS) is 11.8. The van der Waals surface area contributed by atoms with Crippen LogP contribution in [-0.2, 0) is 17.1 Å². The summed E-state index contributed by atoms with van der Waals surface area (Å²) in [4.78, 5) is 20.2. The van der Waals surface area contributed by atoms with E-state index in [1.807, 2.05) is 22.9 Å². The van der Waals surface area contributed by atoms with Crippen LogP contribution >= 0.6 is 0 Å². The van der Waals surface area contributed by atoms with E-state index in [9.17, 15) is 22.0 Å². The third-order valence-electron chi connectivity index (χ3n) is 6.66. The molecule has 3 aromatic carbocycles. The summed E-state index contributed by atoms with van der Waals surface area (Å²) in [5.74, 6) is -4.09. The number of rotatable bonds is 6. The number of nitrogens with zero attached hydrogens (tertiary/aromatic N) is 3. The summed E-state index contributed by atoms with van der Waals surface area (Å²) in [5, 5.41) is 5.26. The number of pyridine rings is 1. The third-order valence-corrected chi connectivity index (χ3v) is 8.02. The van der Waals surface area contributed by atoms with Gasteiger partial charge in [-0.2, -0.15) is 5.10 Å². The van der Waals surface area contributed by atoms with Crippen molar-refractivity contribution in [3.63, 3.8) is 0 Å². The molecule has 6 rings (SSSR count). The molecule has 4 N–H and O–H groups in total. The number of ketones is 1. The summed E-state index contributed by atoms with van der Waals surface area (Å²) in [6.45, 7) is 0. The Balaban J connectivity index is 1.40. The molecule has 0 atom stereocenters. The molecule has 3 heterocycles. The minimum atomic E-state index is -4.45.